The maximum atomic E-state index is 11.3. The number of nitrogens with two attached hydrogens (primary N) is 1. The molecule has 1 aromatic carbocycles. The van der Waals surface area contributed by atoms with Gasteiger partial charge < -0.3 is 15.4 Å². The molecule has 0 fully saturated rings. The topological polar surface area (TPSA) is 55.6 Å². The van der Waals surface area contributed by atoms with Crippen LogP contribution < -0.4 is 10.5 Å². The van der Waals surface area contributed by atoms with E-state index in [1.807, 2.05) is 12.1 Å². The molecule has 1 amide bonds. The third kappa shape index (κ3) is 4.47. The Bertz CT molecular complexity index is 524. The monoisotopic (exact) mass is 318 g/mol. The largest absolute Gasteiger partial charge is 0.481 e. The molecule has 0 aliphatic heterocycles. The van der Waals surface area contributed by atoms with Crippen molar-refractivity contribution in [2.45, 2.75) is 65.0 Å². The normalized spacial score (nSPS) is 18.5. The van der Waals surface area contributed by atoms with Crippen molar-refractivity contribution in [1.29, 1.82) is 0 Å². The summed E-state index contributed by atoms with van der Waals surface area (Å²) >= 11 is 0. The van der Waals surface area contributed by atoms with E-state index in [1.54, 1.807) is 6.92 Å². The lowest BCUT2D eigenvalue weighted by molar-refractivity contribution is -0.124. The Hall–Kier alpha value is -1.55. The Morgan fingerprint density at radius 1 is 1.35 bits per heavy atom. The molecule has 0 saturated carbocycles. The molecule has 128 valence electrons. The van der Waals surface area contributed by atoms with Crippen molar-refractivity contribution < 1.29 is 9.53 Å². The molecular weight excluding hydrogens is 288 g/mol. The Balaban J connectivity index is 2.18. The van der Waals surface area contributed by atoms with E-state index in [0.717, 1.165) is 31.7 Å². The predicted molar refractivity (Wildman–Crippen MR) is 93.7 cm³/mol. The van der Waals surface area contributed by atoms with Crippen LogP contribution in [0.3, 0.4) is 0 Å². The fourth-order valence-electron chi connectivity index (χ4n) is 3.46. The number of carbonyl (C=O) groups is 1. The van der Waals surface area contributed by atoms with E-state index in [1.165, 1.54) is 30.4 Å². The maximum Gasteiger partial charge on any atom is 0.258 e. The minimum atomic E-state index is -0.593. The number of carbonyl (C=O) groups excluding carboxylic acids is 1. The first-order chi connectivity index (χ1) is 11.1. The van der Waals surface area contributed by atoms with Gasteiger partial charge in [-0.3, -0.25) is 4.79 Å². The van der Waals surface area contributed by atoms with Crippen LogP contribution in [0.25, 0.3) is 0 Å². The fourth-order valence-corrected chi connectivity index (χ4v) is 3.46. The molecule has 0 aromatic heterocycles. The number of fused-ring (bicyclic) bond motifs is 1. The molecule has 4 heteroatoms. The summed E-state index contributed by atoms with van der Waals surface area (Å²) in [5.41, 5.74) is 7.95. The molecule has 1 aromatic rings. The van der Waals surface area contributed by atoms with Gasteiger partial charge in [0.25, 0.3) is 5.91 Å². The minimum Gasteiger partial charge on any atom is -0.481 e. The summed E-state index contributed by atoms with van der Waals surface area (Å²) < 4.78 is 5.83. The van der Waals surface area contributed by atoms with Gasteiger partial charge in [0.2, 0.25) is 0 Å². The van der Waals surface area contributed by atoms with Gasteiger partial charge in [0.1, 0.15) is 5.75 Å². The van der Waals surface area contributed by atoms with Crippen LogP contribution in [0.15, 0.2) is 18.2 Å². The van der Waals surface area contributed by atoms with Gasteiger partial charge in [-0.05, 0) is 69.3 Å². The number of primary amides is 1. The summed E-state index contributed by atoms with van der Waals surface area (Å²) in [4.78, 5) is 13.9. The van der Waals surface area contributed by atoms with E-state index in [4.69, 9.17) is 10.5 Å². The van der Waals surface area contributed by atoms with Crippen molar-refractivity contribution in [1.82, 2.24) is 4.90 Å². The van der Waals surface area contributed by atoms with Gasteiger partial charge in [-0.1, -0.05) is 26.0 Å². The molecule has 0 saturated heterocycles. The number of nitrogens with zero attached hydrogens (tertiary/aromatic N) is 1. The Kier molecular flexibility index (Phi) is 6.46. The second-order valence-corrected chi connectivity index (χ2v) is 6.49. The summed E-state index contributed by atoms with van der Waals surface area (Å²) in [6, 6.07) is 6.72. The van der Waals surface area contributed by atoms with E-state index in [0.29, 0.717) is 6.04 Å². The zero-order valence-corrected chi connectivity index (χ0v) is 14.7. The molecule has 4 nitrogen and oxygen atoms in total. The average molecular weight is 318 g/mol. The lowest BCUT2D eigenvalue weighted by atomic mass is 9.86. The van der Waals surface area contributed by atoms with Gasteiger partial charge in [-0.15, -0.1) is 0 Å². The molecule has 23 heavy (non-hydrogen) atoms. The van der Waals surface area contributed by atoms with Crippen molar-refractivity contribution in [2.75, 3.05) is 13.1 Å². The number of aryl methyl sites for hydroxylation is 1. The van der Waals surface area contributed by atoms with E-state index in [2.05, 4.69) is 24.8 Å². The Morgan fingerprint density at radius 3 is 2.65 bits per heavy atom. The van der Waals surface area contributed by atoms with Crippen LogP contribution in [0, 0.1) is 0 Å². The van der Waals surface area contributed by atoms with Crippen LogP contribution in [0.1, 0.15) is 51.2 Å². The fraction of sp³-hybridized carbons (Fsp3) is 0.632. The standard InChI is InChI=1S/C19H30N2O2/c1-4-11-21(12-5-2)16-10-9-15-7-6-8-18(17(15)13-16)23-14(3)19(20)22/h6-8,14,16H,4-5,9-13H2,1-3H3,(H2,20,22). The van der Waals surface area contributed by atoms with Crippen LogP contribution in [-0.2, 0) is 17.6 Å². The molecule has 1 aliphatic rings. The van der Waals surface area contributed by atoms with Gasteiger partial charge in [0.05, 0.1) is 0 Å². The molecule has 2 atom stereocenters. The summed E-state index contributed by atoms with van der Waals surface area (Å²) in [5.74, 6) is 0.403. The number of hydrogen-bond acceptors (Lipinski definition) is 3. The van der Waals surface area contributed by atoms with Crippen molar-refractivity contribution in [3.8, 4) is 5.75 Å². The quantitative estimate of drug-likeness (QED) is 0.802. The van der Waals surface area contributed by atoms with E-state index in [9.17, 15) is 4.79 Å². The Morgan fingerprint density at radius 2 is 2.04 bits per heavy atom. The molecule has 0 radical (unpaired) electrons. The number of benzene rings is 1. The Labute approximate surface area is 140 Å². The number of rotatable bonds is 8. The maximum absolute atomic E-state index is 11.3. The predicted octanol–water partition coefficient (Wildman–Crippen LogP) is 2.92. The first-order valence-electron chi connectivity index (χ1n) is 8.87. The van der Waals surface area contributed by atoms with Crippen LogP contribution in [0.5, 0.6) is 5.75 Å². The summed E-state index contributed by atoms with van der Waals surface area (Å²) in [6.45, 7) is 8.48. The van der Waals surface area contributed by atoms with Crippen LogP contribution in [0.4, 0.5) is 0 Å². The molecule has 1 aliphatic carbocycles. The van der Waals surface area contributed by atoms with Crippen molar-refractivity contribution in [3.63, 3.8) is 0 Å². The highest BCUT2D eigenvalue weighted by atomic mass is 16.5. The van der Waals surface area contributed by atoms with Gasteiger partial charge >= 0.3 is 0 Å². The first kappa shape index (κ1) is 17.8. The second kappa shape index (κ2) is 8.34. The third-order valence-electron chi connectivity index (χ3n) is 4.66. The van der Waals surface area contributed by atoms with Crippen LogP contribution in [-0.4, -0.2) is 36.0 Å². The van der Waals surface area contributed by atoms with Crippen molar-refractivity contribution in [2.24, 2.45) is 5.73 Å². The van der Waals surface area contributed by atoms with Gasteiger partial charge in [-0.25, -0.2) is 0 Å². The number of amides is 1. The first-order valence-corrected chi connectivity index (χ1v) is 8.87. The minimum absolute atomic E-state index is 0.423. The van der Waals surface area contributed by atoms with Crippen molar-refractivity contribution >= 4 is 5.91 Å². The van der Waals surface area contributed by atoms with Crippen molar-refractivity contribution in [3.05, 3.63) is 29.3 Å². The van der Waals surface area contributed by atoms with Gasteiger partial charge in [-0.2, -0.15) is 0 Å². The number of ether oxygens (including phenoxy) is 1. The summed E-state index contributed by atoms with van der Waals surface area (Å²) in [6.07, 6.45) is 5.04. The number of hydrogen-bond donors (Lipinski definition) is 1. The highest BCUT2D eigenvalue weighted by Gasteiger charge is 2.26. The van der Waals surface area contributed by atoms with Gasteiger partial charge in [0, 0.05) is 6.04 Å². The lowest BCUT2D eigenvalue weighted by Gasteiger charge is -2.35. The average Bonchev–Trinajstić information content (AvgIpc) is 2.54. The molecule has 0 spiro atoms. The summed E-state index contributed by atoms with van der Waals surface area (Å²) in [5, 5.41) is 0. The van der Waals surface area contributed by atoms with Crippen LogP contribution >= 0.6 is 0 Å². The second-order valence-electron chi connectivity index (χ2n) is 6.49. The van der Waals surface area contributed by atoms with Crippen LogP contribution in [0.2, 0.25) is 0 Å². The van der Waals surface area contributed by atoms with E-state index < -0.39 is 12.0 Å². The zero-order valence-electron chi connectivity index (χ0n) is 14.7. The summed E-state index contributed by atoms with van der Waals surface area (Å²) in [7, 11) is 0. The zero-order chi connectivity index (χ0) is 16.8. The SMILES string of the molecule is CCCN(CCC)C1CCc2cccc(OC(C)C(N)=O)c2C1. The smallest absolute Gasteiger partial charge is 0.258 e. The molecule has 0 heterocycles. The van der Waals surface area contributed by atoms with E-state index in [-0.39, 0.29) is 0 Å². The molecular formula is C19H30N2O2. The highest BCUT2D eigenvalue weighted by molar-refractivity contribution is 5.78. The van der Waals surface area contributed by atoms with E-state index >= 15 is 0 Å². The molecule has 2 unspecified atom stereocenters. The third-order valence-corrected chi connectivity index (χ3v) is 4.66. The molecule has 0 bridgehead atoms. The molecule has 2 rings (SSSR count). The lowest BCUT2D eigenvalue weighted by Crippen LogP contribution is -2.40. The molecule has 2 N–H and O–H groups in total. The highest BCUT2D eigenvalue weighted by Crippen LogP contribution is 2.32. The van der Waals surface area contributed by atoms with Gasteiger partial charge in [0.15, 0.2) is 6.10 Å².